The van der Waals surface area contributed by atoms with Gasteiger partial charge in [0.15, 0.2) is 0 Å². The minimum atomic E-state index is -5.28. The predicted molar refractivity (Wildman–Crippen MR) is 56.1 cm³/mol. The Bertz CT molecular complexity index is 491. The predicted octanol–water partition coefficient (Wildman–Crippen LogP) is 4.03. The van der Waals surface area contributed by atoms with Gasteiger partial charge in [-0.1, -0.05) is 0 Å². The highest BCUT2D eigenvalue weighted by Gasteiger charge is 2.45. The number of hydrogen-bond donors (Lipinski definition) is 1. The first kappa shape index (κ1) is 15.1. The molecule has 1 rings (SSSR count). The van der Waals surface area contributed by atoms with Crippen LogP contribution in [0.4, 0.5) is 26.3 Å². The molecule has 0 aromatic heterocycles. The highest BCUT2D eigenvalue weighted by atomic mass is 127. The smallest absolute Gasteiger partial charge is 0.418 e. The third-order valence-corrected chi connectivity index (χ3v) is 3.08. The largest absolute Gasteiger partial charge is 0.478 e. The summed E-state index contributed by atoms with van der Waals surface area (Å²) < 4.78 is 74.1. The fourth-order valence-electron chi connectivity index (χ4n) is 1.25. The van der Waals surface area contributed by atoms with Crippen molar-refractivity contribution in [3.63, 3.8) is 0 Å². The molecule has 0 fully saturated rings. The second kappa shape index (κ2) is 4.59. The van der Waals surface area contributed by atoms with Crippen LogP contribution in [0.2, 0.25) is 0 Å². The Morgan fingerprint density at radius 3 is 1.89 bits per heavy atom. The summed E-state index contributed by atoms with van der Waals surface area (Å²) in [6, 6.07) is 0.622. The van der Waals surface area contributed by atoms with Crippen molar-refractivity contribution < 1.29 is 36.2 Å². The van der Waals surface area contributed by atoms with Crippen LogP contribution in [-0.2, 0) is 12.4 Å². The van der Waals surface area contributed by atoms with Gasteiger partial charge in [0.25, 0.3) is 0 Å². The van der Waals surface area contributed by atoms with E-state index in [2.05, 4.69) is 0 Å². The van der Waals surface area contributed by atoms with Crippen molar-refractivity contribution in [2.24, 2.45) is 0 Å². The zero-order valence-corrected chi connectivity index (χ0v) is 10.3. The van der Waals surface area contributed by atoms with Crippen LogP contribution in [0.5, 0.6) is 0 Å². The first-order valence-electron chi connectivity index (χ1n) is 4.16. The van der Waals surface area contributed by atoms with E-state index in [0.29, 0.717) is 6.07 Å². The maximum Gasteiger partial charge on any atom is 0.418 e. The maximum atomic E-state index is 12.6. The van der Waals surface area contributed by atoms with Gasteiger partial charge in [-0.15, -0.1) is 0 Å². The normalized spacial score (nSPS) is 12.6. The number of benzene rings is 1. The second-order valence-electron chi connectivity index (χ2n) is 3.15. The van der Waals surface area contributed by atoms with Gasteiger partial charge in [0.1, 0.15) is 0 Å². The van der Waals surface area contributed by atoms with Gasteiger partial charge in [-0.25, -0.2) is 4.79 Å². The van der Waals surface area contributed by atoms with Gasteiger partial charge in [0.2, 0.25) is 0 Å². The molecule has 0 saturated heterocycles. The Kier molecular flexibility index (Phi) is 3.84. The van der Waals surface area contributed by atoms with Crippen molar-refractivity contribution in [1.29, 1.82) is 0 Å². The quantitative estimate of drug-likeness (QED) is 0.587. The Morgan fingerprint density at radius 2 is 1.56 bits per heavy atom. The monoisotopic (exact) mass is 384 g/mol. The molecule has 0 amide bonds. The molecule has 0 bridgehead atoms. The van der Waals surface area contributed by atoms with Crippen molar-refractivity contribution in [3.8, 4) is 0 Å². The third-order valence-electron chi connectivity index (χ3n) is 1.96. The molecule has 0 aliphatic carbocycles. The maximum absolute atomic E-state index is 12.6. The van der Waals surface area contributed by atoms with E-state index < -0.39 is 38.6 Å². The van der Waals surface area contributed by atoms with Crippen LogP contribution in [-0.4, -0.2) is 11.1 Å². The molecule has 1 aromatic rings. The molecule has 1 aromatic carbocycles. The van der Waals surface area contributed by atoms with E-state index in [0.717, 1.165) is 22.6 Å². The molecular formula is C9H3F6IO2. The molecule has 100 valence electrons. The van der Waals surface area contributed by atoms with Crippen molar-refractivity contribution in [1.82, 2.24) is 0 Å². The van der Waals surface area contributed by atoms with E-state index in [1.165, 1.54) is 0 Å². The number of halogens is 7. The number of carbonyl (C=O) groups is 1. The zero-order valence-electron chi connectivity index (χ0n) is 8.16. The van der Waals surface area contributed by atoms with Crippen LogP contribution in [0.3, 0.4) is 0 Å². The van der Waals surface area contributed by atoms with E-state index in [-0.39, 0.29) is 6.07 Å². The van der Waals surface area contributed by atoms with Crippen molar-refractivity contribution >= 4 is 28.6 Å². The van der Waals surface area contributed by atoms with Gasteiger partial charge < -0.3 is 5.11 Å². The van der Waals surface area contributed by atoms with Crippen molar-refractivity contribution in [2.75, 3.05) is 0 Å². The number of aromatic carboxylic acids is 1. The molecular weight excluding hydrogens is 381 g/mol. The number of alkyl halides is 6. The lowest BCUT2D eigenvalue weighted by Gasteiger charge is -2.18. The van der Waals surface area contributed by atoms with Gasteiger partial charge in [-0.3, -0.25) is 0 Å². The Balaban J connectivity index is 3.69. The summed E-state index contributed by atoms with van der Waals surface area (Å²) in [6.07, 6.45) is -10.5. The number of rotatable bonds is 1. The van der Waals surface area contributed by atoms with Gasteiger partial charge in [0, 0.05) is 3.57 Å². The van der Waals surface area contributed by atoms with Crippen LogP contribution in [0.1, 0.15) is 21.5 Å². The first-order valence-corrected chi connectivity index (χ1v) is 5.24. The topological polar surface area (TPSA) is 37.3 Å². The minimum absolute atomic E-state index is 0.119. The average molecular weight is 384 g/mol. The van der Waals surface area contributed by atoms with E-state index >= 15 is 0 Å². The van der Waals surface area contributed by atoms with Crippen LogP contribution < -0.4 is 0 Å². The minimum Gasteiger partial charge on any atom is -0.478 e. The standard InChI is InChI=1S/C9H3F6IO2/c10-8(11,12)4-2-1-3(7(17)18)6(16)5(4)9(13,14)15/h1-2H,(H,17,18). The highest BCUT2D eigenvalue weighted by molar-refractivity contribution is 14.1. The summed E-state index contributed by atoms with van der Waals surface area (Å²) in [5.41, 5.74) is -4.70. The molecule has 0 aliphatic rings. The van der Waals surface area contributed by atoms with E-state index in [1.807, 2.05) is 0 Å². The molecule has 0 unspecified atom stereocenters. The summed E-state index contributed by atoms with van der Waals surface area (Å²) >= 11 is 0.946. The average Bonchev–Trinajstić information content (AvgIpc) is 2.12. The number of hydrogen-bond acceptors (Lipinski definition) is 1. The van der Waals surface area contributed by atoms with Gasteiger partial charge in [-0.05, 0) is 34.7 Å². The number of carboxylic acids is 1. The summed E-state index contributed by atoms with van der Waals surface area (Å²) in [5, 5.41) is 8.60. The first-order chi connectivity index (χ1) is 7.96. The SMILES string of the molecule is O=C(O)c1ccc(C(F)(F)F)c(C(F)(F)F)c1I. The summed E-state index contributed by atoms with van der Waals surface area (Å²) in [7, 11) is 0. The Morgan fingerprint density at radius 1 is 1.06 bits per heavy atom. The molecule has 0 aliphatic heterocycles. The van der Waals surface area contributed by atoms with E-state index in [1.54, 1.807) is 0 Å². The van der Waals surface area contributed by atoms with Crippen molar-refractivity contribution in [3.05, 3.63) is 32.4 Å². The van der Waals surface area contributed by atoms with Crippen LogP contribution in [0.25, 0.3) is 0 Å². The second-order valence-corrected chi connectivity index (χ2v) is 4.23. The van der Waals surface area contributed by atoms with Crippen LogP contribution in [0.15, 0.2) is 12.1 Å². The molecule has 0 saturated carbocycles. The highest BCUT2D eigenvalue weighted by Crippen LogP contribution is 2.43. The molecule has 2 nitrogen and oxygen atoms in total. The molecule has 0 radical (unpaired) electrons. The summed E-state index contributed by atoms with van der Waals surface area (Å²) in [5.74, 6) is -1.72. The van der Waals surface area contributed by atoms with Gasteiger partial charge >= 0.3 is 18.3 Å². The molecule has 0 atom stereocenters. The lowest BCUT2D eigenvalue weighted by molar-refractivity contribution is -0.162. The molecule has 0 spiro atoms. The molecule has 18 heavy (non-hydrogen) atoms. The third kappa shape index (κ3) is 2.87. The van der Waals surface area contributed by atoms with E-state index in [9.17, 15) is 31.1 Å². The number of carboxylic acid groups (broad SMARTS) is 1. The Hall–Kier alpha value is -1.00. The molecule has 0 heterocycles. The van der Waals surface area contributed by atoms with Crippen LogP contribution >= 0.6 is 22.6 Å². The van der Waals surface area contributed by atoms with E-state index in [4.69, 9.17) is 5.11 Å². The summed E-state index contributed by atoms with van der Waals surface area (Å²) in [6.45, 7) is 0. The fourth-order valence-corrected chi connectivity index (χ4v) is 2.26. The molecule has 9 heteroatoms. The zero-order chi connectivity index (χ0) is 14.3. The van der Waals surface area contributed by atoms with Gasteiger partial charge in [-0.2, -0.15) is 26.3 Å². The van der Waals surface area contributed by atoms with Crippen LogP contribution in [0, 0.1) is 3.57 Å². The lowest BCUT2D eigenvalue weighted by Crippen LogP contribution is -2.20. The lowest BCUT2D eigenvalue weighted by atomic mass is 10.0. The molecule has 1 N–H and O–H groups in total. The fraction of sp³-hybridized carbons (Fsp3) is 0.222. The summed E-state index contributed by atoms with van der Waals surface area (Å²) in [4.78, 5) is 10.6. The van der Waals surface area contributed by atoms with Crippen molar-refractivity contribution in [2.45, 2.75) is 12.4 Å². The Labute approximate surface area is 110 Å². The van der Waals surface area contributed by atoms with Gasteiger partial charge in [0.05, 0.1) is 16.7 Å².